The fraction of sp³-hybridized carbons (Fsp3) is 1.00. The van der Waals surface area contributed by atoms with Crippen LogP contribution in [0.15, 0.2) is 0 Å². The standard InChI is InChI=1S/2C3H8O.6BH4.2Ti/c2*1-3(2)4;;;;;;;;/h2*3-4H,1-2H3;6*1H4;;/q;;6*-1;2*+3. The molecule has 0 aromatic carbocycles. The molecule has 2 nitrogen and oxygen atoms in total. The number of aliphatic hydroxyl groups excluding tert-OH is 2. The first-order chi connectivity index (χ1) is 3.46. The summed E-state index contributed by atoms with van der Waals surface area (Å²) in [4.78, 5) is 0. The Morgan fingerprint density at radius 1 is 0.500 bits per heavy atom. The second-order valence-corrected chi connectivity index (χ2v) is 2.19. The summed E-state index contributed by atoms with van der Waals surface area (Å²) in [6.45, 7) is 6.89. The Hall–Kier alpha value is 1.74. The van der Waals surface area contributed by atoms with Crippen LogP contribution in [0, 0.1) is 0 Å². The average molecular weight is 305 g/mol. The van der Waals surface area contributed by atoms with Gasteiger partial charge in [0.05, 0.1) is 0 Å². The largest absolute Gasteiger partial charge is 3.00 e. The molecule has 16 heavy (non-hydrogen) atoms. The van der Waals surface area contributed by atoms with E-state index >= 15 is 0 Å². The normalized spacial score (nSPS) is 4.50. The van der Waals surface area contributed by atoms with E-state index in [0.29, 0.717) is 0 Å². The van der Waals surface area contributed by atoms with Crippen molar-refractivity contribution in [3.63, 3.8) is 0 Å². The van der Waals surface area contributed by atoms with Gasteiger partial charge in [-0.3, -0.25) is 0 Å². The molecule has 0 amide bonds. The summed E-state index contributed by atoms with van der Waals surface area (Å²) in [6.07, 6.45) is -0.333. The Labute approximate surface area is 143 Å². The van der Waals surface area contributed by atoms with E-state index in [1.807, 2.05) is 0 Å². The first kappa shape index (κ1) is 83.0. The van der Waals surface area contributed by atoms with Gasteiger partial charge in [-0.1, -0.05) is 50.5 Å². The Balaban J connectivity index is -0.00000000375. The van der Waals surface area contributed by atoms with Gasteiger partial charge in [0.2, 0.25) is 0 Å². The molecule has 2 radical (unpaired) electrons. The van der Waals surface area contributed by atoms with Crippen LogP contribution >= 0.6 is 0 Å². The fourth-order valence-electron chi connectivity index (χ4n) is 0. The summed E-state index contributed by atoms with van der Waals surface area (Å²) in [7, 11) is 0. The maximum absolute atomic E-state index is 8.06. The number of hydrogen-bond acceptors (Lipinski definition) is 2. The van der Waals surface area contributed by atoms with Crippen molar-refractivity contribution in [3.8, 4) is 0 Å². The number of aliphatic hydroxyl groups is 2. The predicted molar refractivity (Wildman–Crippen MR) is 103 cm³/mol. The summed E-state index contributed by atoms with van der Waals surface area (Å²) in [5.74, 6) is 0. The van der Waals surface area contributed by atoms with Gasteiger partial charge in [-0.25, -0.2) is 0 Å². The first-order valence-corrected chi connectivity index (χ1v) is 2.83. The Morgan fingerprint density at radius 3 is 0.500 bits per heavy atom. The van der Waals surface area contributed by atoms with Crippen LogP contribution in [0.4, 0.5) is 0 Å². The number of hydrogen-bond donors (Lipinski definition) is 2. The van der Waals surface area contributed by atoms with Crippen molar-refractivity contribution in [2.75, 3.05) is 0 Å². The molecule has 0 saturated carbocycles. The minimum Gasteiger partial charge on any atom is -0.394 e. The van der Waals surface area contributed by atoms with E-state index in [1.165, 1.54) is 0 Å². The molecule has 0 aromatic rings. The van der Waals surface area contributed by atoms with Crippen molar-refractivity contribution in [2.45, 2.75) is 39.9 Å². The molecule has 10 heteroatoms. The van der Waals surface area contributed by atoms with Crippen molar-refractivity contribution < 1.29 is 53.6 Å². The topological polar surface area (TPSA) is 40.5 Å². The molecule has 0 heterocycles. The van der Waals surface area contributed by atoms with Gasteiger partial charge in [0, 0.05) is 12.2 Å². The van der Waals surface area contributed by atoms with Gasteiger partial charge in [-0.05, 0) is 27.7 Å². The van der Waals surface area contributed by atoms with Crippen LogP contribution in [0.2, 0.25) is 0 Å². The molecule has 0 saturated heterocycles. The van der Waals surface area contributed by atoms with Crippen molar-refractivity contribution in [2.24, 2.45) is 0 Å². The van der Waals surface area contributed by atoms with Gasteiger partial charge in [0.1, 0.15) is 0 Å². The maximum atomic E-state index is 8.06. The van der Waals surface area contributed by atoms with Crippen LogP contribution in [0.5, 0.6) is 0 Å². The van der Waals surface area contributed by atoms with Gasteiger partial charge in [0.25, 0.3) is 0 Å². The molecule has 0 aliphatic heterocycles. The molecule has 0 aromatic heterocycles. The molecule has 102 valence electrons. The Kier molecular flexibility index (Phi) is 359. The molecule has 0 aliphatic rings. The van der Waals surface area contributed by atoms with Crippen molar-refractivity contribution in [3.05, 3.63) is 0 Å². The van der Waals surface area contributed by atoms with Gasteiger partial charge in [0.15, 0.2) is 0 Å². The maximum Gasteiger partial charge on any atom is 3.00 e. The quantitative estimate of drug-likeness (QED) is 0.437. The second-order valence-electron chi connectivity index (χ2n) is 2.19. The van der Waals surface area contributed by atoms with E-state index in [-0.39, 0.29) is 106 Å². The molecule has 0 fully saturated rings. The van der Waals surface area contributed by atoms with Crippen LogP contribution in [-0.4, -0.2) is 72.9 Å². The van der Waals surface area contributed by atoms with Crippen LogP contribution in [-0.2, 0) is 43.4 Å². The van der Waals surface area contributed by atoms with Crippen LogP contribution in [0.3, 0.4) is 0 Å². The van der Waals surface area contributed by atoms with E-state index in [1.54, 1.807) is 27.7 Å². The van der Waals surface area contributed by atoms with Crippen molar-refractivity contribution in [1.29, 1.82) is 0 Å². The minimum absolute atomic E-state index is 0. The van der Waals surface area contributed by atoms with Gasteiger partial charge in [-0.15, -0.1) is 0 Å². The molecular weight excluding hydrogens is 265 g/mol. The summed E-state index contributed by atoms with van der Waals surface area (Å²) >= 11 is 0. The zero-order chi connectivity index (χ0) is 7.15. The molecule has 0 unspecified atom stereocenters. The third-order valence-corrected chi connectivity index (χ3v) is 0. The van der Waals surface area contributed by atoms with Crippen LogP contribution in [0.25, 0.3) is 0 Å². The molecule has 0 spiro atoms. The summed E-state index contributed by atoms with van der Waals surface area (Å²) in [5.41, 5.74) is 0. The Bertz CT molecular complexity index is 44.5. The summed E-state index contributed by atoms with van der Waals surface area (Å²) < 4.78 is 0. The van der Waals surface area contributed by atoms with E-state index in [4.69, 9.17) is 10.2 Å². The van der Waals surface area contributed by atoms with E-state index < -0.39 is 0 Å². The zero-order valence-corrected chi connectivity index (χ0v) is 10.2. The Morgan fingerprint density at radius 2 is 0.500 bits per heavy atom. The van der Waals surface area contributed by atoms with Crippen molar-refractivity contribution in [1.82, 2.24) is 0 Å². The van der Waals surface area contributed by atoms with Gasteiger partial charge >= 0.3 is 43.4 Å². The third kappa shape index (κ3) is 1130. The monoisotopic (exact) mass is 306 g/mol. The first-order valence-electron chi connectivity index (χ1n) is 2.83. The molecule has 0 rings (SSSR count). The molecule has 2 N–H and O–H groups in total. The zero-order valence-electron chi connectivity index (χ0n) is 7.05. The molecule has 0 aliphatic carbocycles. The van der Waals surface area contributed by atoms with E-state index in [9.17, 15) is 0 Å². The third-order valence-electron chi connectivity index (χ3n) is 0. The van der Waals surface area contributed by atoms with Crippen molar-refractivity contribution >= 4 is 50.5 Å². The fourth-order valence-corrected chi connectivity index (χ4v) is 0. The average Bonchev–Trinajstić information content (AvgIpc) is 1.25. The van der Waals surface area contributed by atoms with Crippen LogP contribution in [0.1, 0.15) is 27.7 Å². The second kappa shape index (κ2) is 69.2. The smallest absolute Gasteiger partial charge is 0.394 e. The van der Waals surface area contributed by atoms with Gasteiger partial charge < -0.3 is 10.2 Å². The van der Waals surface area contributed by atoms with E-state index in [0.717, 1.165) is 0 Å². The molecular formula is C6H40B6O2Ti2. The minimum atomic E-state index is -0.167. The van der Waals surface area contributed by atoms with E-state index in [2.05, 4.69) is 0 Å². The number of rotatable bonds is 0. The molecule has 0 bridgehead atoms. The summed E-state index contributed by atoms with van der Waals surface area (Å²) in [5, 5.41) is 16.1. The SMILES string of the molecule is CC(C)O.CC(C)O.[BH4-].[BH4-].[BH4-].[BH4-].[BH4-].[BH4-].[Ti+3].[Ti+3]. The van der Waals surface area contributed by atoms with Gasteiger partial charge in [-0.2, -0.15) is 0 Å². The summed E-state index contributed by atoms with van der Waals surface area (Å²) in [6, 6.07) is 0. The predicted octanol–water partition coefficient (Wildman–Crippen LogP) is -7.94. The van der Waals surface area contributed by atoms with Crippen LogP contribution < -0.4 is 0 Å². The molecule has 0 atom stereocenters.